The number of hydrazine groups is 2. The van der Waals surface area contributed by atoms with Crippen molar-refractivity contribution in [3.05, 3.63) is 53.6 Å². The number of aromatic amines is 1. The number of carbonyl (C=O) groups is 1. The molecule has 1 aromatic heterocycles. The van der Waals surface area contributed by atoms with E-state index in [0.29, 0.717) is 11.6 Å². The number of anilines is 1. The van der Waals surface area contributed by atoms with Gasteiger partial charge in [0.1, 0.15) is 18.0 Å². The van der Waals surface area contributed by atoms with Gasteiger partial charge in [0.2, 0.25) is 5.91 Å². The van der Waals surface area contributed by atoms with Gasteiger partial charge in [-0.3, -0.25) is 4.79 Å². The van der Waals surface area contributed by atoms with Crippen LogP contribution in [0.1, 0.15) is 31.2 Å². The topological polar surface area (TPSA) is 84.5 Å². The van der Waals surface area contributed by atoms with Crippen LogP contribution < -0.4 is 16.3 Å². The number of nitrogens with zero attached hydrogens (tertiary/aromatic N) is 2. The summed E-state index contributed by atoms with van der Waals surface area (Å²) in [6.45, 7) is 0. The molecule has 1 aromatic carbocycles. The zero-order valence-electron chi connectivity index (χ0n) is 15.2. The van der Waals surface area contributed by atoms with Gasteiger partial charge in [0.05, 0.1) is 11.4 Å². The fourth-order valence-electron chi connectivity index (χ4n) is 4.22. The lowest BCUT2D eigenvalue weighted by atomic mass is 9.79. The molecule has 4 N–H and O–H groups in total. The van der Waals surface area contributed by atoms with Crippen molar-refractivity contribution >= 4 is 29.4 Å². The summed E-state index contributed by atoms with van der Waals surface area (Å²) in [5.41, 5.74) is 10.4. The third-order valence-corrected chi connectivity index (χ3v) is 5.71. The second kappa shape index (κ2) is 6.79. The van der Waals surface area contributed by atoms with E-state index in [0.717, 1.165) is 48.5 Å². The molecule has 0 unspecified atom stereocenters. The Kier molecular flexibility index (Phi) is 4.12. The highest BCUT2D eigenvalue weighted by atomic mass is 19.1. The van der Waals surface area contributed by atoms with E-state index in [9.17, 15) is 9.18 Å². The van der Waals surface area contributed by atoms with Gasteiger partial charge in [-0.15, -0.1) is 5.53 Å². The summed E-state index contributed by atoms with van der Waals surface area (Å²) in [7, 11) is 0. The van der Waals surface area contributed by atoms with Crippen molar-refractivity contribution in [1.82, 2.24) is 21.0 Å². The molecule has 0 spiro atoms. The van der Waals surface area contributed by atoms with Gasteiger partial charge in [-0.1, -0.05) is 0 Å². The Hall–Kier alpha value is -3.13. The first-order valence-corrected chi connectivity index (χ1v) is 9.52. The molecule has 1 saturated carbocycles. The van der Waals surface area contributed by atoms with Crippen molar-refractivity contribution < 1.29 is 9.18 Å². The van der Waals surface area contributed by atoms with Gasteiger partial charge in [-0.05, 0) is 56.0 Å². The van der Waals surface area contributed by atoms with Gasteiger partial charge >= 0.3 is 0 Å². The average molecular weight is 380 g/mol. The molecular formula is C20H21FN6O. The van der Waals surface area contributed by atoms with Gasteiger partial charge in [0.15, 0.2) is 0 Å². The molecule has 8 heteroatoms. The van der Waals surface area contributed by atoms with Crippen molar-refractivity contribution in [3.63, 3.8) is 0 Å². The average Bonchev–Trinajstić information content (AvgIpc) is 3.36. The first-order chi connectivity index (χ1) is 13.7. The third-order valence-electron chi connectivity index (χ3n) is 5.71. The van der Waals surface area contributed by atoms with Gasteiger partial charge in [-0.25, -0.2) is 14.4 Å². The van der Waals surface area contributed by atoms with Crippen LogP contribution in [0.5, 0.6) is 0 Å². The van der Waals surface area contributed by atoms with Crippen LogP contribution in [-0.4, -0.2) is 22.2 Å². The number of nitrogens with one attached hydrogen (secondary N) is 4. The van der Waals surface area contributed by atoms with Crippen molar-refractivity contribution in [2.45, 2.75) is 25.7 Å². The zero-order valence-corrected chi connectivity index (χ0v) is 15.2. The Labute approximate surface area is 161 Å². The van der Waals surface area contributed by atoms with E-state index in [1.807, 2.05) is 17.3 Å². The SMILES string of the molecule is O=C(Nc1ccc(F)cc1)[C@H]1CC[C@H](C2=C3c4cc[nH]c4N=CN3NN2)CC1. The molecule has 28 heavy (non-hydrogen) atoms. The molecule has 2 aromatic rings. The maximum atomic E-state index is 13.0. The summed E-state index contributed by atoms with van der Waals surface area (Å²) in [6.07, 6.45) is 7.16. The molecule has 0 atom stereocenters. The largest absolute Gasteiger partial charge is 0.346 e. The Balaban J connectivity index is 1.26. The molecule has 2 aliphatic heterocycles. The molecule has 0 bridgehead atoms. The number of aromatic nitrogens is 1. The lowest BCUT2D eigenvalue weighted by Gasteiger charge is -2.29. The summed E-state index contributed by atoms with van der Waals surface area (Å²) in [5.74, 6) is 0.906. The zero-order chi connectivity index (χ0) is 19.1. The molecule has 3 heterocycles. The van der Waals surface area contributed by atoms with E-state index in [1.165, 1.54) is 12.1 Å². The van der Waals surface area contributed by atoms with Crippen molar-refractivity contribution in [1.29, 1.82) is 0 Å². The second-order valence-electron chi connectivity index (χ2n) is 7.40. The van der Waals surface area contributed by atoms with E-state index in [4.69, 9.17) is 0 Å². The normalized spacial score (nSPS) is 23.2. The predicted octanol–water partition coefficient (Wildman–Crippen LogP) is 3.27. The number of halogens is 1. The number of amides is 1. The van der Waals surface area contributed by atoms with Gasteiger partial charge in [0.25, 0.3) is 0 Å². The number of H-pyrrole nitrogens is 1. The molecule has 3 aliphatic rings. The lowest BCUT2D eigenvalue weighted by Crippen LogP contribution is -2.38. The molecule has 1 fully saturated rings. The Bertz CT molecular complexity index is 955. The molecule has 1 amide bonds. The van der Waals surface area contributed by atoms with Gasteiger partial charge in [0, 0.05) is 29.3 Å². The quantitative estimate of drug-likeness (QED) is 0.659. The fraction of sp³-hybridized carbons (Fsp3) is 0.300. The molecule has 144 valence electrons. The summed E-state index contributed by atoms with van der Waals surface area (Å²) in [5, 5.41) is 4.80. The molecule has 7 nitrogen and oxygen atoms in total. The minimum absolute atomic E-state index is 0.0135. The molecule has 1 aliphatic carbocycles. The smallest absolute Gasteiger partial charge is 0.227 e. The summed E-state index contributed by atoms with van der Waals surface area (Å²) >= 11 is 0. The number of carbonyl (C=O) groups excluding carboxylic acids is 1. The van der Waals surface area contributed by atoms with Crippen LogP contribution in [0.2, 0.25) is 0 Å². The lowest BCUT2D eigenvalue weighted by molar-refractivity contribution is -0.120. The van der Waals surface area contributed by atoms with Crippen LogP contribution in [0.15, 0.2) is 47.2 Å². The van der Waals surface area contributed by atoms with Crippen LogP contribution in [-0.2, 0) is 4.79 Å². The summed E-state index contributed by atoms with van der Waals surface area (Å²) in [4.78, 5) is 20.1. The number of hydrogen-bond donors (Lipinski definition) is 4. The number of benzene rings is 1. The summed E-state index contributed by atoms with van der Waals surface area (Å²) in [6, 6.07) is 7.92. The number of aliphatic imine (C=N–C) groups is 1. The van der Waals surface area contributed by atoms with E-state index >= 15 is 0 Å². The van der Waals surface area contributed by atoms with E-state index < -0.39 is 0 Å². The fourth-order valence-corrected chi connectivity index (χ4v) is 4.22. The predicted molar refractivity (Wildman–Crippen MR) is 104 cm³/mol. The second-order valence-corrected chi connectivity index (χ2v) is 7.40. The van der Waals surface area contributed by atoms with Crippen LogP contribution in [0.4, 0.5) is 15.9 Å². The molecule has 5 rings (SSSR count). The van der Waals surface area contributed by atoms with Crippen LogP contribution in [0, 0.1) is 17.7 Å². The number of hydrogen-bond acceptors (Lipinski definition) is 5. The number of fused-ring (bicyclic) bond motifs is 3. The molecule has 0 saturated heterocycles. The van der Waals surface area contributed by atoms with Crippen molar-refractivity contribution in [2.24, 2.45) is 16.8 Å². The van der Waals surface area contributed by atoms with Gasteiger partial charge in [-0.2, -0.15) is 0 Å². The minimum Gasteiger partial charge on any atom is -0.346 e. The monoisotopic (exact) mass is 380 g/mol. The van der Waals surface area contributed by atoms with Crippen molar-refractivity contribution in [3.8, 4) is 0 Å². The Morgan fingerprint density at radius 1 is 1.14 bits per heavy atom. The standard InChI is InChI=1S/C20H21FN6O/c21-14-5-7-15(8-6-14)24-20(28)13-3-1-12(2-4-13)17-18-16-9-10-22-19(16)23-11-27(18)26-25-17/h5-13,22,25-26H,1-4H2,(H,24,28)/t12-,13-. The first-order valence-electron chi connectivity index (χ1n) is 9.52. The third kappa shape index (κ3) is 2.95. The molecular weight excluding hydrogens is 359 g/mol. The Morgan fingerprint density at radius 2 is 1.93 bits per heavy atom. The number of allylic oxidation sites excluding steroid dienone is 1. The van der Waals surface area contributed by atoms with Crippen molar-refractivity contribution in [2.75, 3.05) is 5.32 Å². The highest BCUT2D eigenvalue weighted by molar-refractivity contribution is 5.92. The minimum atomic E-state index is -0.307. The highest BCUT2D eigenvalue weighted by Gasteiger charge is 2.35. The van der Waals surface area contributed by atoms with E-state index in [2.05, 4.69) is 26.3 Å². The maximum Gasteiger partial charge on any atom is 0.227 e. The first kappa shape index (κ1) is 17.0. The maximum absolute atomic E-state index is 13.0. The summed E-state index contributed by atoms with van der Waals surface area (Å²) < 4.78 is 13.0. The molecule has 0 radical (unpaired) electrons. The van der Waals surface area contributed by atoms with Crippen LogP contribution in [0.25, 0.3) is 5.70 Å². The van der Waals surface area contributed by atoms with E-state index in [-0.39, 0.29) is 17.6 Å². The van der Waals surface area contributed by atoms with Crippen LogP contribution >= 0.6 is 0 Å². The number of rotatable bonds is 3. The van der Waals surface area contributed by atoms with Crippen LogP contribution in [0.3, 0.4) is 0 Å². The van der Waals surface area contributed by atoms with Gasteiger partial charge < -0.3 is 15.7 Å². The Morgan fingerprint density at radius 3 is 2.71 bits per heavy atom. The van der Waals surface area contributed by atoms with E-state index in [1.54, 1.807) is 18.5 Å². The highest BCUT2D eigenvalue weighted by Crippen LogP contribution is 2.40.